The topological polar surface area (TPSA) is 32.3 Å². The van der Waals surface area contributed by atoms with Crippen LogP contribution >= 0.6 is 0 Å². The van der Waals surface area contributed by atoms with Gasteiger partial charge in [-0.05, 0) is 39.5 Å². The van der Waals surface area contributed by atoms with Gasteiger partial charge in [0.05, 0.1) is 0 Å². The molecule has 0 radical (unpaired) electrons. The summed E-state index contributed by atoms with van der Waals surface area (Å²) in [5.41, 5.74) is 0.0939. The van der Waals surface area contributed by atoms with Gasteiger partial charge in [-0.3, -0.25) is 4.79 Å². The SMILES string of the molecule is CC1(C)CCCN1C(=O)CCNC1CC1. The first-order valence-electron chi connectivity index (χ1n) is 6.13. The highest BCUT2D eigenvalue weighted by Gasteiger charge is 2.34. The molecular formula is C12H22N2O. The molecule has 0 atom stereocenters. The first-order valence-corrected chi connectivity index (χ1v) is 6.13. The van der Waals surface area contributed by atoms with E-state index in [1.807, 2.05) is 0 Å². The van der Waals surface area contributed by atoms with Crippen LogP contribution in [0.15, 0.2) is 0 Å². The molecule has 1 aliphatic carbocycles. The summed E-state index contributed by atoms with van der Waals surface area (Å²) in [6.07, 6.45) is 5.57. The van der Waals surface area contributed by atoms with Crippen LogP contribution in [0.3, 0.4) is 0 Å². The van der Waals surface area contributed by atoms with Crippen molar-refractivity contribution in [3.05, 3.63) is 0 Å². The van der Waals surface area contributed by atoms with Gasteiger partial charge in [-0.1, -0.05) is 0 Å². The van der Waals surface area contributed by atoms with E-state index >= 15 is 0 Å². The Morgan fingerprint density at radius 2 is 2.20 bits per heavy atom. The van der Waals surface area contributed by atoms with Gasteiger partial charge in [0.25, 0.3) is 0 Å². The number of rotatable bonds is 4. The van der Waals surface area contributed by atoms with Crippen molar-refractivity contribution < 1.29 is 4.79 Å². The van der Waals surface area contributed by atoms with Crippen LogP contribution in [-0.4, -0.2) is 35.5 Å². The zero-order valence-corrected chi connectivity index (χ0v) is 9.88. The largest absolute Gasteiger partial charge is 0.338 e. The number of carbonyl (C=O) groups excluding carboxylic acids is 1. The number of likely N-dealkylation sites (tertiary alicyclic amines) is 1. The van der Waals surface area contributed by atoms with Crippen LogP contribution in [0.25, 0.3) is 0 Å². The summed E-state index contributed by atoms with van der Waals surface area (Å²) in [5, 5.41) is 3.39. The Hall–Kier alpha value is -0.570. The van der Waals surface area contributed by atoms with Gasteiger partial charge in [-0.2, -0.15) is 0 Å². The fraction of sp³-hybridized carbons (Fsp3) is 0.917. The normalized spacial score (nSPS) is 24.5. The Kier molecular flexibility index (Phi) is 3.01. The van der Waals surface area contributed by atoms with Crippen molar-refractivity contribution in [3.63, 3.8) is 0 Å². The first kappa shape index (κ1) is 10.9. The van der Waals surface area contributed by atoms with Gasteiger partial charge >= 0.3 is 0 Å². The second kappa shape index (κ2) is 4.12. The molecule has 0 aromatic rings. The molecule has 1 aliphatic heterocycles. The molecule has 0 unspecified atom stereocenters. The standard InChI is InChI=1S/C12H22N2O/c1-12(2)7-3-9-14(12)11(15)6-8-13-10-4-5-10/h10,13H,3-9H2,1-2H3. The zero-order chi connectivity index (χ0) is 10.9. The molecular weight excluding hydrogens is 188 g/mol. The van der Waals surface area contributed by atoms with Crippen LogP contribution in [0.5, 0.6) is 0 Å². The minimum absolute atomic E-state index is 0.0939. The molecule has 1 heterocycles. The number of hydrogen-bond acceptors (Lipinski definition) is 2. The van der Waals surface area contributed by atoms with Gasteiger partial charge < -0.3 is 10.2 Å². The monoisotopic (exact) mass is 210 g/mol. The highest BCUT2D eigenvalue weighted by atomic mass is 16.2. The second-order valence-electron chi connectivity index (χ2n) is 5.44. The molecule has 0 aromatic heterocycles. The zero-order valence-electron chi connectivity index (χ0n) is 9.88. The Bertz CT molecular complexity index is 246. The van der Waals surface area contributed by atoms with Crippen LogP contribution in [0.4, 0.5) is 0 Å². The lowest BCUT2D eigenvalue weighted by atomic mass is 10.0. The quantitative estimate of drug-likeness (QED) is 0.763. The van der Waals surface area contributed by atoms with Crippen molar-refractivity contribution in [2.75, 3.05) is 13.1 Å². The van der Waals surface area contributed by atoms with E-state index in [0.29, 0.717) is 18.4 Å². The third kappa shape index (κ3) is 2.71. The first-order chi connectivity index (χ1) is 7.09. The van der Waals surface area contributed by atoms with Gasteiger partial charge in [0.1, 0.15) is 0 Å². The van der Waals surface area contributed by atoms with Gasteiger partial charge in [-0.25, -0.2) is 0 Å². The van der Waals surface area contributed by atoms with Crippen molar-refractivity contribution in [1.82, 2.24) is 10.2 Å². The second-order valence-corrected chi connectivity index (χ2v) is 5.44. The van der Waals surface area contributed by atoms with E-state index in [9.17, 15) is 4.79 Å². The molecule has 1 N–H and O–H groups in total. The molecule has 1 saturated carbocycles. The molecule has 2 fully saturated rings. The van der Waals surface area contributed by atoms with Crippen molar-refractivity contribution in [1.29, 1.82) is 0 Å². The maximum absolute atomic E-state index is 11.9. The highest BCUT2D eigenvalue weighted by Crippen LogP contribution is 2.28. The molecule has 86 valence electrons. The lowest BCUT2D eigenvalue weighted by Crippen LogP contribution is -2.43. The summed E-state index contributed by atoms with van der Waals surface area (Å²) >= 11 is 0. The number of hydrogen-bond donors (Lipinski definition) is 1. The summed E-state index contributed by atoms with van der Waals surface area (Å²) in [7, 11) is 0. The average Bonchev–Trinajstić information content (AvgIpc) is 2.89. The van der Waals surface area contributed by atoms with E-state index in [2.05, 4.69) is 24.1 Å². The Morgan fingerprint density at radius 1 is 1.47 bits per heavy atom. The minimum Gasteiger partial charge on any atom is -0.338 e. The lowest BCUT2D eigenvalue weighted by Gasteiger charge is -2.31. The summed E-state index contributed by atoms with van der Waals surface area (Å²) in [6, 6.07) is 0.712. The maximum atomic E-state index is 11.9. The van der Waals surface area contributed by atoms with Crippen molar-refractivity contribution in [2.24, 2.45) is 0 Å². The van der Waals surface area contributed by atoms with E-state index < -0.39 is 0 Å². The van der Waals surface area contributed by atoms with E-state index in [1.54, 1.807) is 0 Å². The predicted octanol–water partition coefficient (Wildman–Crippen LogP) is 1.53. The van der Waals surface area contributed by atoms with Crippen molar-refractivity contribution in [3.8, 4) is 0 Å². The fourth-order valence-electron chi connectivity index (χ4n) is 2.38. The van der Waals surface area contributed by atoms with Crippen LogP contribution in [0.1, 0.15) is 46.0 Å². The van der Waals surface area contributed by atoms with Crippen LogP contribution in [0, 0.1) is 0 Å². The highest BCUT2D eigenvalue weighted by molar-refractivity contribution is 5.77. The molecule has 0 spiro atoms. The van der Waals surface area contributed by atoms with E-state index in [1.165, 1.54) is 12.8 Å². The molecule has 0 bridgehead atoms. The van der Waals surface area contributed by atoms with Gasteiger partial charge in [0.15, 0.2) is 0 Å². The molecule has 2 rings (SSSR count). The summed E-state index contributed by atoms with van der Waals surface area (Å²) in [4.78, 5) is 14.0. The average molecular weight is 210 g/mol. The molecule has 2 aliphatic rings. The minimum atomic E-state index is 0.0939. The van der Waals surface area contributed by atoms with Crippen molar-refractivity contribution >= 4 is 5.91 Å². The maximum Gasteiger partial charge on any atom is 0.224 e. The molecule has 15 heavy (non-hydrogen) atoms. The Morgan fingerprint density at radius 3 is 2.73 bits per heavy atom. The number of nitrogens with one attached hydrogen (secondary N) is 1. The van der Waals surface area contributed by atoms with E-state index in [0.717, 1.165) is 25.9 Å². The number of amides is 1. The van der Waals surface area contributed by atoms with E-state index in [-0.39, 0.29) is 5.54 Å². The van der Waals surface area contributed by atoms with E-state index in [4.69, 9.17) is 0 Å². The van der Waals surface area contributed by atoms with Gasteiger partial charge in [-0.15, -0.1) is 0 Å². The van der Waals surface area contributed by atoms with Gasteiger partial charge in [0.2, 0.25) is 5.91 Å². The summed E-state index contributed by atoms with van der Waals surface area (Å²) in [5.74, 6) is 0.325. The number of carbonyl (C=O) groups is 1. The van der Waals surface area contributed by atoms with Crippen LogP contribution < -0.4 is 5.32 Å². The molecule has 1 amide bonds. The third-order valence-electron chi connectivity index (χ3n) is 3.55. The van der Waals surface area contributed by atoms with Crippen LogP contribution in [-0.2, 0) is 4.79 Å². The van der Waals surface area contributed by atoms with Gasteiger partial charge in [0, 0.05) is 31.1 Å². The smallest absolute Gasteiger partial charge is 0.224 e. The number of nitrogens with zero attached hydrogens (tertiary/aromatic N) is 1. The third-order valence-corrected chi connectivity index (χ3v) is 3.55. The fourth-order valence-corrected chi connectivity index (χ4v) is 2.38. The summed E-state index contributed by atoms with van der Waals surface area (Å²) < 4.78 is 0. The predicted molar refractivity (Wildman–Crippen MR) is 60.7 cm³/mol. The molecule has 3 heteroatoms. The lowest BCUT2D eigenvalue weighted by molar-refractivity contribution is -0.134. The van der Waals surface area contributed by atoms with Crippen LogP contribution in [0.2, 0.25) is 0 Å². The summed E-state index contributed by atoms with van der Waals surface area (Å²) in [6.45, 7) is 6.16. The Labute approximate surface area is 92.2 Å². The molecule has 0 aromatic carbocycles. The van der Waals surface area contributed by atoms with Crippen molar-refractivity contribution in [2.45, 2.75) is 57.5 Å². The molecule has 3 nitrogen and oxygen atoms in total. The molecule has 1 saturated heterocycles. The Balaban J connectivity index is 1.74.